The summed E-state index contributed by atoms with van der Waals surface area (Å²) in [6.45, 7) is 1.92. The number of fused-ring (bicyclic) bond motifs is 1. The quantitative estimate of drug-likeness (QED) is 0.721. The Morgan fingerprint density at radius 2 is 1.83 bits per heavy atom. The molecule has 18 heavy (non-hydrogen) atoms. The highest BCUT2D eigenvalue weighted by Gasteiger charge is 2.14. The number of aliphatic hydroxyl groups is 1. The molecule has 0 amide bonds. The van der Waals surface area contributed by atoms with Gasteiger partial charge in [0.15, 0.2) is 5.65 Å². The Morgan fingerprint density at radius 1 is 1.06 bits per heavy atom. The van der Waals surface area contributed by atoms with Crippen molar-refractivity contribution in [3.8, 4) is 0 Å². The predicted molar refractivity (Wildman–Crippen MR) is 69.1 cm³/mol. The van der Waals surface area contributed by atoms with Crippen LogP contribution in [0.2, 0.25) is 0 Å². The minimum atomic E-state index is -0.749. The maximum Gasteiger partial charge on any atom is 0.178 e. The molecule has 3 rings (SSSR count). The van der Waals surface area contributed by atoms with E-state index in [4.69, 9.17) is 0 Å². The molecule has 2 heterocycles. The first kappa shape index (κ1) is 10.9. The lowest BCUT2D eigenvalue weighted by Crippen LogP contribution is -2.01. The van der Waals surface area contributed by atoms with Crippen LogP contribution in [-0.2, 0) is 0 Å². The highest BCUT2D eigenvalue weighted by atomic mass is 16.3. The van der Waals surface area contributed by atoms with E-state index in [2.05, 4.69) is 15.0 Å². The van der Waals surface area contributed by atoms with E-state index in [1.165, 1.54) is 0 Å². The number of nitrogens with zero attached hydrogens (tertiary/aromatic N) is 2. The van der Waals surface area contributed by atoms with E-state index in [1.807, 2.05) is 49.4 Å². The minimum absolute atomic E-state index is 0.523. The summed E-state index contributed by atoms with van der Waals surface area (Å²) in [6, 6.07) is 13.3. The molecule has 1 unspecified atom stereocenters. The van der Waals surface area contributed by atoms with Gasteiger partial charge in [-0.15, -0.1) is 0 Å². The standard InChI is InChI=1S/C14H13N3O/c1-9-7-8-11-13(15-9)17-14(16-11)12(18)10-5-3-2-4-6-10/h2-8,12,18H,1H3,(H,15,16,17). The number of hydrogen-bond donors (Lipinski definition) is 2. The fourth-order valence-electron chi connectivity index (χ4n) is 1.93. The molecule has 1 atom stereocenters. The van der Waals surface area contributed by atoms with E-state index in [-0.39, 0.29) is 0 Å². The normalized spacial score (nSPS) is 12.8. The second kappa shape index (κ2) is 4.23. The van der Waals surface area contributed by atoms with E-state index in [0.29, 0.717) is 11.5 Å². The number of nitrogens with one attached hydrogen (secondary N) is 1. The van der Waals surface area contributed by atoms with Gasteiger partial charge in [-0.2, -0.15) is 0 Å². The van der Waals surface area contributed by atoms with Gasteiger partial charge in [-0.05, 0) is 24.6 Å². The summed E-state index contributed by atoms with van der Waals surface area (Å²) in [5, 5.41) is 10.2. The summed E-state index contributed by atoms with van der Waals surface area (Å²) in [7, 11) is 0. The van der Waals surface area contributed by atoms with Crippen LogP contribution >= 0.6 is 0 Å². The summed E-state index contributed by atoms with van der Waals surface area (Å²) >= 11 is 0. The van der Waals surface area contributed by atoms with Crippen LogP contribution in [0.15, 0.2) is 42.5 Å². The Balaban J connectivity index is 2.04. The largest absolute Gasteiger partial charge is 0.380 e. The van der Waals surface area contributed by atoms with Gasteiger partial charge >= 0.3 is 0 Å². The smallest absolute Gasteiger partial charge is 0.178 e. The molecule has 0 aliphatic carbocycles. The molecule has 3 aromatic rings. The van der Waals surface area contributed by atoms with Crippen molar-refractivity contribution in [2.45, 2.75) is 13.0 Å². The molecule has 0 saturated carbocycles. The van der Waals surface area contributed by atoms with Gasteiger partial charge in [-0.3, -0.25) is 0 Å². The number of aromatic nitrogens is 3. The number of aromatic amines is 1. The Labute approximate surface area is 104 Å². The van der Waals surface area contributed by atoms with Gasteiger partial charge in [0.1, 0.15) is 11.9 Å². The second-order valence-electron chi connectivity index (χ2n) is 4.26. The number of aliphatic hydroxyl groups excluding tert-OH is 1. The molecule has 0 aliphatic rings. The molecule has 0 spiro atoms. The zero-order chi connectivity index (χ0) is 12.5. The molecule has 0 bridgehead atoms. The summed E-state index contributed by atoms with van der Waals surface area (Å²) in [5.41, 5.74) is 3.20. The van der Waals surface area contributed by atoms with Crippen molar-refractivity contribution in [3.05, 3.63) is 59.5 Å². The molecule has 4 nitrogen and oxygen atoms in total. The third-order valence-corrected chi connectivity index (χ3v) is 2.88. The molecule has 0 fully saturated rings. The number of hydrogen-bond acceptors (Lipinski definition) is 3. The van der Waals surface area contributed by atoms with Crippen LogP contribution in [0.5, 0.6) is 0 Å². The van der Waals surface area contributed by atoms with Crippen molar-refractivity contribution in [2.24, 2.45) is 0 Å². The molecule has 0 radical (unpaired) electrons. The van der Waals surface area contributed by atoms with E-state index in [9.17, 15) is 5.11 Å². The topological polar surface area (TPSA) is 61.8 Å². The average molecular weight is 239 g/mol. The fraction of sp³-hybridized carbons (Fsp3) is 0.143. The highest BCUT2D eigenvalue weighted by molar-refractivity contribution is 5.70. The average Bonchev–Trinajstić information content (AvgIpc) is 2.81. The zero-order valence-corrected chi connectivity index (χ0v) is 9.96. The van der Waals surface area contributed by atoms with Gasteiger partial charge < -0.3 is 10.1 Å². The zero-order valence-electron chi connectivity index (χ0n) is 9.96. The first-order valence-corrected chi connectivity index (χ1v) is 5.80. The minimum Gasteiger partial charge on any atom is -0.380 e. The molecule has 4 heteroatoms. The molecule has 2 aromatic heterocycles. The summed E-state index contributed by atoms with van der Waals surface area (Å²) in [5.74, 6) is 0.523. The van der Waals surface area contributed by atoms with Crippen molar-refractivity contribution < 1.29 is 5.11 Å². The number of H-pyrrole nitrogens is 1. The van der Waals surface area contributed by atoms with E-state index in [1.54, 1.807) is 0 Å². The summed E-state index contributed by atoms with van der Waals surface area (Å²) in [6.07, 6.45) is -0.749. The van der Waals surface area contributed by atoms with Gasteiger partial charge in [-0.1, -0.05) is 30.3 Å². The molecule has 0 saturated heterocycles. The first-order chi connectivity index (χ1) is 8.74. The Kier molecular flexibility index (Phi) is 2.57. The number of aryl methyl sites for hydroxylation is 1. The van der Waals surface area contributed by atoms with Crippen LogP contribution in [0.3, 0.4) is 0 Å². The third-order valence-electron chi connectivity index (χ3n) is 2.88. The van der Waals surface area contributed by atoms with Gasteiger partial charge in [0.2, 0.25) is 0 Å². The van der Waals surface area contributed by atoms with Gasteiger partial charge in [0, 0.05) is 5.69 Å². The van der Waals surface area contributed by atoms with Crippen LogP contribution in [0, 0.1) is 6.92 Å². The van der Waals surface area contributed by atoms with Crippen molar-refractivity contribution in [3.63, 3.8) is 0 Å². The summed E-state index contributed by atoms with van der Waals surface area (Å²) < 4.78 is 0. The van der Waals surface area contributed by atoms with E-state index in [0.717, 1.165) is 16.8 Å². The lowest BCUT2D eigenvalue weighted by molar-refractivity contribution is 0.211. The van der Waals surface area contributed by atoms with Crippen molar-refractivity contribution >= 4 is 11.2 Å². The SMILES string of the molecule is Cc1ccc2[nH]c(C(O)c3ccccc3)nc2n1. The number of pyridine rings is 1. The second-order valence-corrected chi connectivity index (χ2v) is 4.26. The molecular weight excluding hydrogens is 226 g/mol. The molecule has 1 aromatic carbocycles. The lowest BCUT2D eigenvalue weighted by Gasteiger charge is -2.06. The summed E-state index contributed by atoms with van der Waals surface area (Å²) in [4.78, 5) is 11.7. The van der Waals surface area contributed by atoms with Crippen molar-refractivity contribution in [1.82, 2.24) is 15.0 Å². The molecule has 2 N–H and O–H groups in total. The Morgan fingerprint density at radius 3 is 2.61 bits per heavy atom. The van der Waals surface area contributed by atoms with Crippen LogP contribution < -0.4 is 0 Å². The van der Waals surface area contributed by atoms with Crippen LogP contribution in [0.25, 0.3) is 11.2 Å². The van der Waals surface area contributed by atoms with E-state index >= 15 is 0 Å². The van der Waals surface area contributed by atoms with Gasteiger partial charge in [0.25, 0.3) is 0 Å². The van der Waals surface area contributed by atoms with Gasteiger partial charge in [-0.25, -0.2) is 9.97 Å². The highest BCUT2D eigenvalue weighted by Crippen LogP contribution is 2.21. The number of imidazole rings is 1. The Bertz CT molecular complexity index is 676. The fourth-order valence-corrected chi connectivity index (χ4v) is 1.93. The van der Waals surface area contributed by atoms with Crippen molar-refractivity contribution in [1.29, 1.82) is 0 Å². The molecule has 0 aliphatic heterocycles. The monoisotopic (exact) mass is 239 g/mol. The number of rotatable bonds is 2. The first-order valence-electron chi connectivity index (χ1n) is 5.80. The lowest BCUT2D eigenvalue weighted by atomic mass is 10.1. The molecule has 90 valence electrons. The van der Waals surface area contributed by atoms with Crippen LogP contribution in [0.4, 0.5) is 0 Å². The number of benzene rings is 1. The molecular formula is C14H13N3O. The predicted octanol–water partition coefficient (Wildman–Crippen LogP) is 2.35. The third kappa shape index (κ3) is 1.87. The van der Waals surface area contributed by atoms with Crippen LogP contribution in [-0.4, -0.2) is 20.1 Å². The maximum absolute atomic E-state index is 10.2. The van der Waals surface area contributed by atoms with E-state index < -0.39 is 6.10 Å². The maximum atomic E-state index is 10.2. The van der Waals surface area contributed by atoms with Gasteiger partial charge in [0.05, 0.1) is 5.52 Å². The van der Waals surface area contributed by atoms with Crippen LogP contribution in [0.1, 0.15) is 23.2 Å². The Hall–Kier alpha value is -2.20. The van der Waals surface area contributed by atoms with Crippen molar-refractivity contribution in [2.75, 3.05) is 0 Å².